The van der Waals surface area contributed by atoms with Gasteiger partial charge in [-0.15, -0.1) is 12.4 Å². The van der Waals surface area contributed by atoms with Gasteiger partial charge in [0.05, 0.1) is 5.69 Å². The highest BCUT2D eigenvalue weighted by molar-refractivity contribution is 5.93. The molecule has 1 aromatic heterocycles. The fourth-order valence-electron chi connectivity index (χ4n) is 3.05. The van der Waals surface area contributed by atoms with E-state index >= 15 is 0 Å². The van der Waals surface area contributed by atoms with Crippen molar-refractivity contribution in [3.05, 3.63) is 42.1 Å². The van der Waals surface area contributed by atoms with E-state index in [0.29, 0.717) is 11.6 Å². The van der Waals surface area contributed by atoms with Gasteiger partial charge in [0.25, 0.3) is 5.91 Å². The second-order valence-electron chi connectivity index (χ2n) is 6.08. The van der Waals surface area contributed by atoms with Crippen LogP contribution in [0.15, 0.2) is 36.4 Å². The number of nitrogens with one attached hydrogen (secondary N) is 2. The number of aromatic amines is 1. The zero-order chi connectivity index (χ0) is 16.1. The predicted octanol–water partition coefficient (Wildman–Crippen LogP) is 2.96. The lowest BCUT2D eigenvalue weighted by Gasteiger charge is -2.31. The SMILES string of the molecule is CCNCC1CCN(C(=O)c2cc(-c3ccccc3)n[nH]2)CC1.Cl. The molecule has 0 aliphatic carbocycles. The molecule has 3 rings (SSSR count). The van der Waals surface area contributed by atoms with Crippen LogP contribution < -0.4 is 5.32 Å². The molecule has 2 aromatic rings. The number of halogens is 1. The first-order valence-corrected chi connectivity index (χ1v) is 8.38. The average molecular weight is 349 g/mol. The molecule has 2 N–H and O–H groups in total. The number of hydrogen-bond acceptors (Lipinski definition) is 3. The molecule has 2 heterocycles. The third-order valence-electron chi connectivity index (χ3n) is 4.46. The summed E-state index contributed by atoms with van der Waals surface area (Å²) in [6.45, 7) is 5.85. The number of likely N-dealkylation sites (tertiary alicyclic amines) is 1. The summed E-state index contributed by atoms with van der Waals surface area (Å²) in [6.07, 6.45) is 2.14. The Labute approximate surface area is 149 Å². The van der Waals surface area contributed by atoms with Crippen LogP contribution in [-0.2, 0) is 0 Å². The first kappa shape index (κ1) is 18.5. The standard InChI is InChI=1S/C18H24N4O.ClH/c1-2-19-13-14-8-10-22(11-9-14)18(23)17-12-16(20-21-17)15-6-4-3-5-7-15;/h3-7,12,14,19H,2,8-11,13H2,1H3,(H,20,21);1H. The third-order valence-corrected chi connectivity index (χ3v) is 4.46. The van der Waals surface area contributed by atoms with Crippen LogP contribution in [0.1, 0.15) is 30.3 Å². The van der Waals surface area contributed by atoms with Crippen LogP contribution in [0.25, 0.3) is 11.3 Å². The lowest BCUT2D eigenvalue weighted by molar-refractivity contribution is 0.0684. The van der Waals surface area contributed by atoms with Crippen molar-refractivity contribution in [1.82, 2.24) is 20.4 Å². The largest absolute Gasteiger partial charge is 0.337 e. The number of hydrogen-bond donors (Lipinski definition) is 2. The summed E-state index contributed by atoms with van der Waals surface area (Å²) in [7, 11) is 0. The molecule has 1 aliphatic rings. The van der Waals surface area contributed by atoms with Gasteiger partial charge in [-0.05, 0) is 37.9 Å². The second kappa shape index (κ2) is 8.85. The highest BCUT2D eigenvalue weighted by Crippen LogP contribution is 2.21. The van der Waals surface area contributed by atoms with Crippen molar-refractivity contribution < 1.29 is 4.79 Å². The van der Waals surface area contributed by atoms with E-state index in [0.717, 1.165) is 50.3 Å². The predicted molar refractivity (Wildman–Crippen MR) is 98.4 cm³/mol. The first-order valence-electron chi connectivity index (χ1n) is 8.38. The summed E-state index contributed by atoms with van der Waals surface area (Å²) in [5.74, 6) is 0.738. The smallest absolute Gasteiger partial charge is 0.271 e. The van der Waals surface area contributed by atoms with Crippen molar-refractivity contribution in [2.24, 2.45) is 5.92 Å². The number of benzene rings is 1. The minimum absolute atomic E-state index is 0. The van der Waals surface area contributed by atoms with Crippen molar-refractivity contribution >= 4 is 18.3 Å². The Morgan fingerprint density at radius 2 is 2.00 bits per heavy atom. The molecule has 0 radical (unpaired) electrons. The Morgan fingerprint density at radius 1 is 1.29 bits per heavy atom. The highest BCUT2D eigenvalue weighted by Gasteiger charge is 2.24. The molecule has 0 bridgehead atoms. The van der Waals surface area contributed by atoms with E-state index in [2.05, 4.69) is 22.4 Å². The minimum Gasteiger partial charge on any atom is -0.337 e. The maximum absolute atomic E-state index is 12.6. The van der Waals surface area contributed by atoms with Crippen LogP contribution >= 0.6 is 12.4 Å². The van der Waals surface area contributed by atoms with Crippen molar-refractivity contribution in [2.45, 2.75) is 19.8 Å². The summed E-state index contributed by atoms with van der Waals surface area (Å²) in [6, 6.07) is 11.8. The number of rotatable bonds is 5. The molecule has 24 heavy (non-hydrogen) atoms. The van der Waals surface area contributed by atoms with Gasteiger partial charge in [-0.2, -0.15) is 5.10 Å². The monoisotopic (exact) mass is 348 g/mol. The van der Waals surface area contributed by atoms with Gasteiger partial charge in [-0.3, -0.25) is 9.89 Å². The lowest BCUT2D eigenvalue weighted by atomic mass is 9.96. The lowest BCUT2D eigenvalue weighted by Crippen LogP contribution is -2.40. The quantitative estimate of drug-likeness (QED) is 0.873. The van der Waals surface area contributed by atoms with Crippen LogP contribution in [-0.4, -0.2) is 47.2 Å². The van der Waals surface area contributed by atoms with Gasteiger partial charge in [0.1, 0.15) is 5.69 Å². The zero-order valence-corrected chi connectivity index (χ0v) is 14.8. The van der Waals surface area contributed by atoms with Gasteiger partial charge < -0.3 is 10.2 Å². The molecule has 5 nitrogen and oxygen atoms in total. The topological polar surface area (TPSA) is 61.0 Å². The molecule has 0 unspecified atom stereocenters. The second-order valence-corrected chi connectivity index (χ2v) is 6.08. The Morgan fingerprint density at radius 3 is 2.67 bits per heavy atom. The molecular weight excluding hydrogens is 324 g/mol. The van der Waals surface area contributed by atoms with Crippen molar-refractivity contribution in [3.8, 4) is 11.3 Å². The number of carbonyl (C=O) groups is 1. The van der Waals surface area contributed by atoms with Gasteiger partial charge in [0, 0.05) is 18.7 Å². The summed E-state index contributed by atoms with van der Waals surface area (Å²) < 4.78 is 0. The number of H-pyrrole nitrogens is 1. The normalized spacial score (nSPS) is 15.1. The summed E-state index contributed by atoms with van der Waals surface area (Å²) in [5, 5.41) is 10.6. The molecule has 0 saturated carbocycles. The van der Waals surface area contributed by atoms with Crippen LogP contribution in [0, 0.1) is 5.92 Å². The molecule has 6 heteroatoms. The molecule has 130 valence electrons. The summed E-state index contributed by atoms with van der Waals surface area (Å²) >= 11 is 0. The number of aromatic nitrogens is 2. The van der Waals surface area contributed by atoms with Crippen LogP contribution in [0.4, 0.5) is 0 Å². The molecule has 1 fully saturated rings. The van der Waals surface area contributed by atoms with Crippen LogP contribution in [0.3, 0.4) is 0 Å². The Balaban J connectivity index is 0.00000208. The van der Waals surface area contributed by atoms with Gasteiger partial charge in [0.2, 0.25) is 0 Å². The maximum Gasteiger partial charge on any atom is 0.271 e. The number of carbonyl (C=O) groups excluding carboxylic acids is 1. The molecule has 0 spiro atoms. The molecule has 1 saturated heterocycles. The average Bonchev–Trinajstić information content (AvgIpc) is 3.11. The molecule has 1 amide bonds. The molecule has 0 atom stereocenters. The van der Waals surface area contributed by atoms with E-state index in [1.807, 2.05) is 41.3 Å². The summed E-state index contributed by atoms with van der Waals surface area (Å²) in [5.41, 5.74) is 2.41. The van der Waals surface area contributed by atoms with Gasteiger partial charge in [0.15, 0.2) is 0 Å². The van der Waals surface area contributed by atoms with Crippen LogP contribution in [0.2, 0.25) is 0 Å². The van der Waals surface area contributed by atoms with Crippen molar-refractivity contribution in [2.75, 3.05) is 26.2 Å². The van der Waals surface area contributed by atoms with Crippen molar-refractivity contribution in [1.29, 1.82) is 0 Å². The summed E-state index contributed by atoms with van der Waals surface area (Å²) in [4.78, 5) is 14.5. The van der Waals surface area contributed by atoms with Gasteiger partial charge in [-0.1, -0.05) is 37.3 Å². The minimum atomic E-state index is 0. The van der Waals surface area contributed by atoms with E-state index in [4.69, 9.17) is 0 Å². The first-order chi connectivity index (χ1) is 11.3. The molecular formula is C18H25ClN4O. The Hall–Kier alpha value is -1.85. The zero-order valence-electron chi connectivity index (χ0n) is 14.0. The highest BCUT2D eigenvalue weighted by atomic mass is 35.5. The number of piperidine rings is 1. The fraction of sp³-hybridized carbons (Fsp3) is 0.444. The third kappa shape index (κ3) is 4.36. The van der Waals surface area contributed by atoms with Gasteiger partial charge >= 0.3 is 0 Å². The molecule has 1 aliphatic heterocycles. The number of amides is 1. The Bertz CT molecular complexity index is 635. The molecule has 1 aromatic carbocycles. The van der Waals surface area contributed by atoms with E-state index in [1.165, 1.54) is 0 Å². The van der Waals surface area contributed by atoms with E-state index in [-0.39, 0.29) is 18.3 Å². The number of nitrogens with zero attached hydrogens (tertiary/aromatic N) is 2. The maximum atomic E-state index is 12.6. The van der Waals surface area contributed by atoms with E-state index in [1.54, 1.807) is 0 Å². The fourth-order valence-corrected chi connectivity index (χ4v) is 3.05. The van der Waals surface area contributed by atoms with Crippen LogP contribution in [0.5, 0.6) is 0 Å². The Kier molecular flexibility index (Phi) is 6.82. The van der Waals surface area contributed by atoms with E-state index < -0.39 is 0 Å². The van der Waals surface area contributed by atoms with E-state index in [9.17, 15) is 4.79 Å². The van der Waals surface area contributed by atoms with Gasteiger partial charge in [-0.25, -0.2) is 0 Å². The van der Waals surface area contributed by atoms with Crippen molar-refractivity contribution in [3.63, 3.8) is 0 Å².